The Hall–Kier alpha value is -2.67. The molecule has 22 heavy (non-hydrogen) atoms. The van der Waals surface area contributed by atoms with Crippen molar-refractivity contribution in [2.75, 3.05) is 5.32 Å². The molecular weight excluding hydrogens is 313 g/mol. The zero-order valence-corrected chi connectivity index (χ0v) is 11.9. The number of nitro benzene ring substituents is 1. The lowest BCUT2D eigenvalue weighted by Crippen LogP contribution is -2.28. The molecule has 2 aromatic rings. The number of rotatable bonds is 4. The van der Waals surface area contributed by atoms with E-state index in [1.807, 2.05) is 0 Å². The summed E-state index contributed by atoms with van der Waals surface area (Å²) >= 11 is 5.86. The van der Waals surface area contributed by atoms with Gasteiger partial charge in [0.2, 0.25) is 0 Å². The molecule has 2 amide bonds. The molecule has 2 rings (SSSR count). The Kier molecular flexibility index (Phi) is 4.90. The molecule has 0 saturated carbocycles. The number of hydrogen-bond donors (Lipinski definition) is 2. The summed E-state index contributed by atoms with van der Waals surface area (Å²) in [4.78, 5) is 21.8. The van der Waals surface area contributed by atoms with Crippen molar-refractivity contribution in [2.24, 2.45) is 0 Å². The highest BCUT2D eigenvalue weighted by Gasteiger charge is 2.12. The maximum absolute atomic E-state index is 13.4. The van der Waals surface area contributed by atoms with Crippen molar-refractivity contribution in [3.63, 3.8) is 0 Å². The molecule has 0 bridgehead atoms. The van der Waals surface area contributed by atoms with Gasteiger partial charge < -0.3 is 10.6 Å². The first-order valence-electron chi connectivity index (χ1n) is 6.19. The number of non-ortho nitro benzene ring substituents is 1. The Morgan fingerprint density at radius 1 is 1.27 bits per heavy atom. The normalized spacial score (nSPS) is 10.1. The summed E-state index contributed by atoms with van der Waals surface area (Å²) in [6, 6.07) is 9.05. The molecular formula is C14H11ClFN3O3. The molecule has 2 N–H and O–H groups in total. The van der Waals surface area contributed by atoms with Crippen molar-refractivity contribution in [3.05, 3.63) is 69.0 Å². The fourth-order valence-corrected chi connectivity index (χ4v) is 1.87. The van der Waals surface area contributed by atoms with Gasteiger partial charge in [-0.25, -0.2) is 9.18 Å². The molecule has 8 heteroatoms. The van der Waals surface area contributed by atoms with Crippen LogP contribution < -0.4 is 10.6 Å². The molecule has 2 aromatic carbocycles. The van der Waals surface area contributed by atoms with E-state index in [4.69, 9.17) is 11.6 Å². The van der Waals surface area contributed by atoms with Gasteiger partial charge in [-0.05, 0) is 12.1 Å². The van der Waals surface area contributed by atoms with E-state index in [-0.39, 0.29) is 22.9 Å². The van der Waals surface area contributed by atoms with Crippen molar-refractivity contribution >= 4 is 29.0 Å². The van der Waals surface area contributed by atoms with Gasteiger partial charge in [-0.3, -0.25) is 10.1 Å². The second-order valence-corrected chi connectivity index (χ2v) is 4.73. The summed E-state index contributed by atoms with van der Waals surface area (Å²) in [5.41, 5.74) is 0.221. The molecule has 0 unspecified atom stereocenters. The van der Waals surface area contributed by atoms with Gasteiger partial charge in [0.25, 0.3) is 5.69 Å². The number of amides is 2. The number of nitro groups is 1. The van der Waals surface area contributed by atoms with Crippen LogP contribution in [0.25, 0.3) is 0 Å². The SMILES string of the molecule is O=C(NCc1ccccc1F)Nc1cc([N+](=O)[O-])ccc1Cl. The van der Waals surface area contributed by atoms with Crippen molar-refractivity contribution in [1.29, 1.82) is 0 Å². The molecule has 0 saturated heterocycles. The Balaban J connectivity index is 2.02. The predicted octanol–water partition coefficient (Wildman–Crippen LogP) is 3.71. The third kappa shape index (κ3) is 3.92. The van der Waals surface area contributed by atoms with E-state index in [1.54, 1.807) is 12.1 Å². The van der Waals surface area contributed by atoms with Crippen LogP contribution in [0.2, 0.25) is 5.02 Å². The highest BCUT2D eigenvalue weighted by atomic mass is 35.5. The summed E-state index contributed by atoms with van der Waals surface area (Å²) in [7, 11) is 0. The number of halogens is 2. The standard InChI is InChI=1S/C14H11ClFN3O3/c15-11-6-5-10(19(21)22)7-13(11)18-14(20)17-8-9-3-1-2-4-12(9)16/h1-7H,8H2,(H2,17,18,20). The largest absolute Gasteiger partial charge is 0.334 e. The van der Waals surface area contributed by atoms with Crippen LogP contribution in [0.5, 0.6) is 0 Å². The minimum Gasteiger partial charge on any atom is -0.334 e. The van der Waals surface area contributed by atoms with Crippen LogP contribution >= 0.6 is 11.6 Å². The van der Waals surface area contributed by atoms with Gasteiger partial charge in [0.05, 0.1) is 15.6 Å². The summed E-state index contributed by atoms with van der Waals surface area (Å²) in [6.07, 6.45) is 0. The third-order valence-electron chi connectivity index (χ3n) is 2.81. The number of nitrogens with zero attached hydrogens (tertiary/aromatic N) is 1. The lowest BCUT2D eigenvalue weighted by Gasteiger charge is -2.09. The highest BCUT2D eigenvalue weighted by molar-refractivity contribution is 6.33. The van der Waals surface area contributed by atoms with Crippen molar-refractivity contribution in [2.45, 2.75) is 6.54 Å². The van der Waals surface area contributed by atoms with Crippen LogP contribution in [0.15, 0.2) is 42.5 Å². The van der Waals surface area contributed by atoms with Crippen LogP contribution in [0.3, 0.4) is 0 Å². The Morgan fingerprint density at radius 2 is 2.00 bits per heavy atom. The van der Waals surface area contributed by atoms with E-state index in [0.29, 0.717) is 5.56 Å². The van der Waals surface area contributed by atoms with E-state index in [0.717, 1.165) is 6.07 Å². The van der Waals surface area contributed by atoms with Gasteiger partial charge in [-0.2, -0.15) is 0 Å². The average Bonchev–Trinajstić information content (AvgIpc) is 2.48. The fourth-order valence-electron chi connectivity index (χ4n) is 1.71. The maximum Gasteiger partial charge on any atom is 0.319 e. The Bertz CT molecular complexity index is 724. The third-order valence-corrected chi connectivity index (χ3v) is 3.14. The van der Waals surface area contributed by atoms with Gasteiger partial charge >= 0.3 is 6.03 Å². The minimum absolute atomic E-state index is 0.0228. The lowest BCUT2D eigenvalue weighted by atomic mass is 10.2. The first kappa shape index (κ1) is 15.7. The molecule has 0 atom stereocenters. The van der Waals surface area contributed by atoms with Crippen LogP contribution in [0, 0.1) is 15.9 Å². The summed E-state index contributed by atoms with van der Waals surface area (Å²) in [6.45, 7) is -0.0228. The van der Waals surface area contributed by atoms with Gasteiger partial charge in [-0.15, -0.1) is 0 Å². The van der Waals surface area contributed by atoms with Gasteiger partial charge in [-0.1, -0.05) is 29.8 Å². The van der Waals surface area contributed by atoms with Crippen molar-refractivity contribution in [1.82, 2.24) is 5.32 Å². The smallest absolute Gasteiger partial charge is 0.319 e. The minimum atomic E-state index is -0.648. The molecule has 0 spiro atoms. The molecule has 0 aliphatic rings. The molecule has 0 radical (unpaired) electrons. The molecule has 6 nitrogen and oxygen atoms in total. The second kappa shape index (κ2) is 6.86. The van der Waals surface area contributed by atoms with E-state index in [1.165, 1.54) is 24.3 Å². The van der Waals surface area contributed by atoms with E-state index in [2.05, 4.69) is 10.6 Å². The van der Waals surface area contributed by atoms with Gasteiger partial charge in [0.1, 0.15) is 5.82 Å². The first-order valence-corrected chi connectivity index (χ1v) is 6.57. The number of nitrogens with one attached hydrogen (secondary N) is 2. The number of benzene rings is 2. The van der Waals surface area contributed by atoms with Crippen LogP contribution in [0.4, 0.5) is 20.6 Å². The van der Waals surface area contributed by atoms with E-state index < -0.39 is 16.8 Å². The molecule has 0 aromatic heterocycles. The van der Waals surface area contributed by atoms with E-state index in [9.17, 15) is 19.3 Å². The zero-order valence-electron chi connectivity index (χ0n) is 11.2. The molecule has 0 heterocycles. The second-order valence-electron chi connectivity index (χ2n) is 4.32. The highest BCUT2D eigenvalue weighted by Crippen LogP contribution is 2.26. The average molecular weight is 324 g/mol. The number of urea groups is 1. The Morgan fingerprint density at radius 3 is 2.68 bits per heavy atom. The number of anilines is 1. The van der Waals surface area contributed by atoms with Crippen molar-refractivity contribution < 1.29 is 14.1 Å². The lowest BCUT2D eigenvalue weighted by molar-refractivity contribution is -0.384. The van der Waals surface area contributed by atoms with Crippen LogP contribution in [-0.2, 0) is 6.54 Å². The first-order chi connectivity index (χ1) is 10.5. The maximum atomic E-state index is 13.4. The van der Waals surface area contributed by atoms with Crippen LogP contribution in [0.1, 0.15) is 5.56 Å². The molecule has 0 fully saturated rings. The summed E-state index contributed by atoms with van der Waals surface area (Å²) < 4.78 is 13.4. The fraction of sp³-hybridized carbons (Fsp3) is 0.0714. The van der Waals surface area contributed by atoms with Gasteiger partial charge in [0.15, 0.2) is 0 Å². The number of carbonyl (C=O) groups excluding carboxylic acids is 1. The number of hydrogen-bond acceptors (Lipinski definition) is 3. The Labute approximate surface area is 130 Å². The zero-order chi connectivity index (χ0) is 16.1. The molecule has 0 aliphatic heterocycles. The predicted molar refractivity (Wildman–Crippen MR) is 80.4 cm³/mol. The number of carbonyl (C=O) groups is 1. The molecule has 114 valence electrons. The molecule has 0 aliphatic carbocycles. The topological polar surface area (TPSA) is 84.3 Å². The quantitative estimate of drug-likeness (QED) is 0.664. The summed E-state index contributed by atoms with van der Waals surface area (Å²) in [5.74, 6) is -0.434. The van der Waals surface area contributed by atoms with Gasteiger partial charge in [0, 0.05) is 24.2 Å². The van der Waals surface area contributed by atoms with Crippen molar-refractivity contribution in [3.8, 4) is 0 Å². The summed E-state index contributed by atoms with van der Waals surface area (Å²) in [5, 5.41) is 15.7. The van der Waals surface area contributed by atoms with E-state index >= 15 is 0 Å². The monoisotopic (exact) mass is 323 g/mol. The van der Waals surface area contributed by atoms with Crippen LogP contribution in [-0.4, -0.2) is 11.0 Å².